The Morgan fingerprint density at radius 3 is 2.69 bits per heavy atom. The molecular weight excluding hydrogens is 166 g/mol. The molecule has 2 aromatic heterocycles. The van der Waals surface area contributed by atoms with Crippen molar-refractivity contribution in [2.75, 3.05) is 0 Å². The second kappa shape index (κ2) is 2.90. The van der Waals surface area contributed by atoms with Crippen LogP contribution in [-0.4, -0.2) is 20.7 Å². The van der Waals surface area contributed by atoms with E-state index in [9.17, 15) is 4.79 Å². The quantitative estimate of drug-likeness (QED) is 0.608. The van der Waals surface area contributed by atoms with Crippen molar-refractivity contribution in [2.24, 2.45) is 0 Å². The first-order valence-electron chi connectivity index (χ1n) is 3.85. The zero-order chi connectivity index (χ0) is 9.26. The van der Waals surface area contributed by atoms with Gasteiger partial charge in [0.25, 0.3) is 0 Å². The van der Waals surface area contributed by atoms with Crippen molar-refractivity contribution in [3.8, 4) is 0 Å². The summed E-state index contributed by atoms with van der Waals surface area (Å²) in [7, 11) is 0. The van der Waals surface area contributed by atoms with Crippen LogP contribution in [0.3, 0.4) is 0 Å². The molecule has 4 nitrogen and oxygen atoms in total. The summed E-state index contributed by atoms with van der Waals surface area (Å²) in [4.78, 5) is 23.2. The summed E-state index contributed by atoms with van der Waals surface area (Å²) in [5.74, 6) is -0.0916. The Kier molecular flexibility index (Phi) is 1.73. The fourth-order valence-electron chi connectivity index (χ4n) is 1.15. The summed E-state index contributed by atoms with van der Waals surface area (Å²) in [5, 5.41) is 0. The molecule has 64 valence electrons. The zero-order valence-electron chi connectivity index (χ0n) is 7.06. The SMILES string of the molecule is CC(=O)c1nccc2nccnc12. The lowest BCUT2D eigenvalue weighted by Gasteiger charge is -1.98. The van der Waals surface area contributed by atoms with Gasteiger partial charge in [-0.2, -0.15) is 0 Å². The van der Waals surface area contributed by atoms with Crippen LogP contribution < -0.4 is 0 Å². The molecule has 0 saturated carbocycles. The highest BCUT2D eigenvalue weighted by Crippen LogP contribution is 2.10. The first kappa shape index (κ1) is 7.79. The Morgan fingerprint density at radius 1 is 1.15 bits per heavy atom. The number of aromatic nitrogens is 3. The van der Waals surface area contributed by atoms with Crippen LogP contribution in [0.1, 0.15) is 17.4 Å². The number of hydrogen-bond acceptors (Lipinski definition) is 4. The van der Waals surface area contributed by atoms with E-state index in [4.69, 9.17) is 0 Å². The van der Waals surface area contributed by atoms with Crippen molar-refractivity contribution in [1.29, 1.82) is 0 Å². The monoisotopic (exact) mass is 173 g/mol. The number of ketones is 1. The van der Waals surface area contributed by atoms with E-state index in [0.717, 1.165) is 0 Å². The maximum Gasteiger partial charge on any atom is 0.180 e. The number of pyridine rings is 1. The highest BCUT2D eigenvalue weighted by atomic mass is 16.1. The van der Waals surface area contributed by atoms with Gasteiger partial charge in [-0.3, -0.25) is 19.7 Å². The predicted molar refractivity (Wildman–Crippen MR) is 47.3 cm³/mol. The molecule has 0 saturated heterocycles. The molecule has 2 aromatic rings. The van der Waals surface area contributed by atoms with E-state index in [1.807, 2.05) is 0 Å². The molecule has 0 aliphatic rings. The average Bonchev–Trinajstić information content (AvgIpc) is 2.17. The Labute approximate surface area is 74.7 Å². The van der Waals surface area contributed by atoms with Crippen molar-refractivity contribution in [2.45, 2.75) is 6.92 Å². The number of nitrogens with zero attached hydrogens (tertiary/aromatic N) is 3. The van der Waals surface area contributed by atoms with Crippen molar-refractivity contribution in [1.82, 2.24) is 15.0 Å². The number of Topliss-reactive ketones (excluding diaryl/α,β-unsaturated/α-hetero) is 1. The zero-order valence-corrected chi connectivity index (χ0v) is 7.06. The van der Waals surface area contributed by atoms with Crippen molar-refractivity contribution in [3.63, 3.8) is 0 Å². The molecule has 0 aromatic carbocycles. The minimum Gasteiger partial charge on any atom is -0.293 e. The Bertz CT molecular complexity index is 462. The fourth-order valence-corrected chi connectivity index (χ4v) is 1.15. The standard InChI is InChI=1S/C9H7N3O/c1-6(13)8-9-7(2-3-11-8)10-4-5-12-9/h2-5H,1H3. The lowest BCUT2D eigenvalue weighted by Crippen LogP contribution is -1.99. The van der Waals surface area contributed by atoms with Crippen LogP contribution in [0.25, 0.3) is 11.0 Å². The smallest absolute Gasteiger partial charge is 0.180 e. The van der Waals surface area contributed by atoms with Crippen LogP contribution in [0.4, 0.5) is 0 Å². The highest BCUT2D eigenvalue weighted by Gasteiger charge is 2.07. The van der Waals surface area contributed by atoms with Crippen LogP contribution in [0.5, 0.6) is 0 Å². The van der Waals surface area contributed by atoms with E-state index >= 15 is 0 Å². The van der Waals surface area contributed by atoms with Crippen molar-refractivity contribution in [3.05, 3.63) is 30.4 Å². The first-order valence-corrected chi connectivity index (χ1v) is 3.85. The summed E-state index contributed by atoms with van der Waals surface area (Å²) in [5.41, 5.74) is 1.64. The molecule has 0 bridgehead atoms. The largest absolute Gasteiger partial charge is 0.293 e. The van der Waals surface area contributed by atoms with E-state index < -0.39 is 0 Å². The lowest BCUT2D eigenvalue weighted by molar-refractivity contribution is 0.101. The molecule has 0 radical (unpaired) electrons. The Hall–Kier alpha value is -1.84. The van der Waals surface area contributed by atoms with Gasteiger partial charge in [0, 0.05) is 25.5 Å². The van der Waals surface area contributed by atoms with E-state index in [-0.39, 0.29) is 5.78 Å². The summed E-state index contributed by atoms with van der Waals surface area (Å²) in [6, 6.07) is 1.73. The van der Waals surface area contributed by atoms with E-state index in [2.05, 4.69) is 15.0 Å². The minimum absolute atomic E-state index is 0.0916. The Balaban J connectivity index is 2.83. The third-order valence-corrected chi connectivity index (χ3v) is 1.72. The van der Waals surface area contributed by atoms with Gasteiger partial charge in [0.2, 0.25) is 0 Å². The second-order valence-electron chi connectivity index (χ2n) is 2.64. The fraction of sp³-hybridized carbons (Fsp3) is 0.111. The second-order valence-corrected chi connectivity index (χ2v) is 2.64. The van der Waals surface area contributed by atoms with Crippen molar-refractivity contribution >= 4 is 16.8 Å². The normalized spacial score (nSPS) is 10.2. The van der Waals surface area contributed by atoms with Gasteiger partial charge >= 0.3 is 0 Å². The van der Waals surface area contributed by atoms with Gasteiger partial charge in [0.05, 0.1) is 5.52 Å². The number of carbonyl (C=O) groups excluding carboxylic acids is 1. The topological polar surface area (TPSA) is 55.7 Å². The summed E-state index contributed by atoms with van der Waals surface area (Å²) in [6.07, 6.45) is 4.70. The van der Waals surface area contributed by atoms with Gasteiger partial charge in [-0.1, -0.05) is 0 Å². The maximum atomic E-state index is 11.1. The molecular formula is C9H7N3O. The summed E-state index contributed by atoms with van der Waals surface area (Å²) in [6.45, 7) is 1.47. The number of fused-ring (bicyclic) bond motifs is 1. The van der Waals surface area contributed by atoms with E-state index in [0.29, 0.717) is 16.7 Å². The predicted octanol–water partition coefficient (Wildman–Crippen LogP) is 1.23. The maximum absolute atomic E-state index is 11.1. The molecule has 4 heteroatoms. The minimum atomic E-state index is -0.0916. The number of carbonyl (C=O) groups is 1. The number of rotatable bonds is 1. The third kappa shape index (κ3) is 1.26. The summed E-state index contributed by atoms with van der Waals surface area (Å²) >= 11 is 0. The molecule has 0 unspecified atom stereocenters. The van der Waals surface area contributed by atoms with Crippen LogP contribution in [0.15, 0.2) is 24.7 Å². The van der Waals surface area contributed by atoms with Gasteiger partial charge in [-0.25, -0.2) is 0 Å². The van der Waals surface area contributed by atoms with E-state index in [1.165, 1.54) is 6.92 Å². The van der Waals surface area contributed by atoms with E-state index in [1.54, 1.807) is 24.7 Å². The van der Waals surface area contributed by atoms with Crippen molar-refractivity contribution < 1.29 is 4.79 Å². The van der Waals surface area contributed by atoms with Gasteiger partial charge in [0.15, 0.2) is 5.78 Å². The molecule has 13 heavy (non-hydrogen) atoms. The third-order valence-electron chi connectivity index (χ3n) is 1.72. The highest BCUT2D eigenvalue weighted by molar-refractivity contribution is 6.02. The van der Waals surface area contributed by atoms with Gasteiger partial charge in [-0.15, -0.1) is 0 Å². The molecule has 2 heterocycles. The molecule has 0 aliphatic carbocycles. The molecule has 2 rings (SSSR count). The molecule has 0 N–H and O–H groups in total. The van der Waals surface area contributed by atoms with Crippen LogP contribution in [0, 0.1) is 0 Å². The molecule has 0 atom stereocenters. The molecule has 0 amide bonds. The van der Waals surface area contributed by atoms with Gasteiger partial charge < -0.3 is 0 Å². The molecule has 0 spiro atoms. The Morgan fingerprint density at radius 2 is 1.92 bits per heavy atom. The first-order chi connectivity index (χ1) is 6.29. The molecule has 0 fully saturated rings. The van der Waals surface area contributed by atoms with Crippen LogP contribution >= 0.6 is 0 Å². The average molecular weight is 173 g/mol. The van der Waals surface area contributed by atoms with Gasteiger partial charge in [-0.05, 0) is 6.07 Å². The molecule has 0 aliphatic heterocycles. The van der Waals surface area contributed by atoms with Crippen LogP contribution in [-0.2, 0) is 0 Å². The number of hydrogen-bond donors (Lipinski definition) is 0. The lowest BCUT2D eigenvalue weighted by atomic mass is 10.2. The van der Waals surface area contributed by atoms with Gasteiger partial charge in [0.1, 0.15) is 11.2 Å². The summed E-state index contributed by atoms with van der Waals surface area (Å²) < 4.78 is 0. The van der Waals surface area contributed by atoms with Crippen LogP contribution in [0.2, 0.25) is 0 Å².